The van der Waals surface area contributed by atoms with Crippen molar-refractivity contribution in [1.82, 2.24) is 4.90 Å². The number of fused-ring (bicyclic) bond motifs is 6. The summed E-state index contributed by atoms with van der Waals surface area (Å²) in [6, 6.07) is -0.535. The molecule has 0 aromatic heterocycles. The highest BCUT2D eigenvalue weighted by Gasteiger charge is 2.47. The molecule has 0 aromatic carbocycles. The summed E-state index contributed by atoms with van der Waals surface area (Å²) in [7, 11) is 0. The predicted molar refractivity (Wildman–Crippen MR) is 141 cm³/mol. The third-order valence-corrected chi connectivity index (χ3v) is 10.2. The fourth-order valence-electron chi connectivity index (χ4n) is 8.15. The Kier molecular flexibility index (Phi) is 8.41. The number of carbonyl (C=O) groups is 3. The van der Waals surface area contributed by atoms with E-state index < -0.39 is 0 Å². The van der Waals surface area contributed by atoms with Gasteiger partial charge in [-0.1, -0.05) is 0 Å². The van der Waals surface area contributed by atoms with Gasteiger partial charge in [-0.05, 0) is 78.6 Å². The van der Waals surface area contributed by atoms with E-state index in [-0.39, 0.29) is 110 Å². The lowest BCUT2D eigenvalue weighted by molar-refractivity contribution is -0.156. The van der Waals surface area contributed by atoms with Gasteiger partial charge in [-0.3, -0.25) is 19.3 Å². The first-order valence-corrected chi connectivity index (χ1v) is 15.5. The van der Waals surface area contributed by atoms with Crippen molar-refractivity contribution in [2.24, 2.45) is 17.8 Å². The minimum atomic E-state index is -0.204. The SMILES string of the molecule is CC(COC(=O)C1CC2CCC1O2)N(C(C)COC(=O)C1CC2CCC1O2)C(C)COC(=O)C1CC2CCC1O2. The number of hydrogen-bond acceptors (Lipinski definition) is 10. The van der Waals surface area contributed by atoms with E-state index in [9.17, 15) is 14.4 Å². The van der Waals surface area contributed by atoms with E-state index in [1.807, 2.05) is 20.8 Å². The van der Waals surface area contributed by atoms with Crippen molar-refractivity contribution >= 4 is 17.9 Å². The minimum Gasteiger partial charge on any atom is -0.464 e. The zero-order valence-corrected chi connectivity index (χ0v) is 24.0. The molecule has 6 heterocycles. The summed E-state index contributed by atoms with van der Waals surface area (Å²) in [6.45, 7) is 6.58. The quantitative estimate of drug-likeness (QED) is 0.260. The molecule has 0 aromatic rings. The third kappa shape index (κ3) is 5.78. The van der Waals surface area contributed by atoms with Gasteiger partial charge in [0.15, 0.2) is 0 Å². The molecule has 6 rings (SSSR count). The first-order chi connectivity index (χ1) is 19.3. The largest absolute Gasteiger partial charge is 0.464 e. The summed E-state index contributed by atoms with van der Waals surface area (Å²) in [5.41, 5.74) is 0. The molecular formula is C30H45NO9. The van der Waals surface area contributed by atoms with Crippen LogP contribution in [0.5, 0.6) is 0 Å². The van der Waals surface area contributed by atoms with Crippen molar-refractivity contribution in [3.05, 3.63) is 0 Å². The molecular weight excluding hydrogens is 518 g/mol. The van der Waals surface area contributed by atoms with E-state index >= 15 is 0 Å². The fraction of sp³-hybridized carbons (Fsp3) is 0.900. The van der Waals surface area contributed by atoms with E-state index in [0.717, 1.165) is 57.8 Å². The van der Waals surface area contributed by atoms with E-state index in [2.05, 4.69) is 4.90 Å². The molecule has 0 amide bonds. The van der Waals surface area contributed by atoms with Crippen molar-refractivity contribution < 1.29 is 42.8 Å². The van der Waals surface area contributed by atoms with Crippen molar-refractivity contribution in [3.8, 4) is 0 Å². The molecule has 0 N–H and O–H groups in total. The van der Waals surface area contributed by atoms with E-state index in [4.69, 9.17) is 28.4 Å². The zero-order valence-electron chi connectivity index (χ0n) is 24.0. The lowest BCUT2D eigenvalue weighted by Crippen LogP contribution is -2.52. The fourth-order valence-corrected chi connectivity index (χ4v) is 8.15. The van der Waals surface area contributed by atoms with Crippen molar-refractivity contribution in [2.75, 3.05) is 19.8 Å². The summed E-state index contributed by atoms with van der Waals surface area (Å²) in [5, 5.41) is 0. The van der Waals surface area contributed by atoms with Gasteiger partial charge in [-0.25, -0.2) is 0 Å². The van der Waals surface area contributed by atoms with Gasteiger partial charge in [0.25, 0.3) is 0 Å². The topological polar surface area (TPSA) is 110 Å². The van der Waals surface area contributed by atoms with Crippen molar-refractivity contribution in [3.63, 3.8) is 0 Å². The van der Waals surface area contributed by atoms with Gasteiger partial charge in [0.05, 0.1) is 54.4 Å². The van der Waals surface area contributed by atoms with Crippen LogP contribution in [0.25, 0.3) is 0 Å². The second-order valence-corrected chi connectivity index (χ2v) is 13.0. The van der Waals surface area contributed by atoms with Crippen LogP contribution in [-0.2, 0) is 42.8 Å². The molecule has 6 fully saturated rings. The first kappa shape index (κ1) is 28.4. The number of esters is 3. The number of carbonyl (C=O) groups excluding carboxylic acids is 3. The van der Waals surface area contributed by atoms with E-state index in [0.29, 0.717) is 0 Å². The van der Waals surface area contributed by atoms with Crippen molar-refractivity contribution in [1.29, 1.82) is 0 Å². The zero-order chi connectivity index (χ0) is 28.0. The molecule has 6 aliphatic rings. The van der Waals surface area contributed by atoms with Crippen LogP contribution in [0.15, 0.2) is 0 Å². The summed E-state index contributed by atoms with van der Waals surface area (Å²) in [5.74, 6) is -1.18. The Hall–Kier alpha value is -1.75. The average Bonchev–Trinajstić information content (AvgIpc) is 3.80. The number of hydrogen-bond donors (Lipinski definition) is 0. The monoisotopic (exact) mass is 563 g/mol. The van der Waals surface area contributed by atoms with Crippen molar-refractivity contribution in [2.45, 2.75) is 133 Å². The van der Waals surface area contributed by atoms with Gasteiger partial charge in [-0.2, -0.15) is 0 Å². The van der Waals surface area contributed by atoms with Crippen LogP contribution in [-0.4, -0.2) is 97.4 Å². The predicted octanol–water partition coefficient (Wildman–Crippen LogP) is 2.79. The van der Waals surface area contributed by atoms with Crippen LogP contribution < -0.4 is 0 Å². The maximum absolute atomic E-state index is 12.9. The smallest absolute Gasteiger partial charge is 0.311 e. The molecule has 6 aliphatic heterocycles. The number of ether oxygens (including phenoxy) is 6. The summed E-state index contributed by atoms with van der Waals surface area (Å²) in [6.07, 6.45) is 8.50. The molecule has 0 aliphatic carbocycles. The number of nitrogens with zero attached hydrogens (tertiary/aromatic N) is 1. The van der Waals surface area contributed by atoms with Crippen LogP contribution in [0, 0.1) is 17.8 Å². The highest BCUT2D eigenvalue weighted by molar-refractivity contribution is 5.74. The highest BCUT2D eigenvalue weighted by atomic mass is 16.6. The van der Waals surface area contributed by atoms with Crippen LogP contribution in [0.4, 0.5) is 0 Å². The van der Waals surface area contributed by atoms with Gasteiger partial charge in [-0.15, -0.1) is 0 Å². The molecule has 12 unspecified atom stereocenters. The summed E-state index contributed by atoms with van der Waals surface area (Å²) >= 11 is 0. The van der Waals surface area contributed by atoms with Crippen LogP contribution in [0.1, 0.15) is 78.6 Å². The Morgan fingerprint density at radius 1 is 0.575 bits per heavy atom. The molecule has 0 saturated carbocycles. The van der Waals surface area contributed by atoms with Crippen LogP contribution in [0.3, 0.4) is 0 Å². The van der Waals surface area contributed by atoms with Crippen LogP contribution in [0.2, 0.25) is 0 Å². The molecule has 6 saturated heterocycles. The lowest BCUT2D eigenvalue weighted by Gasteiger charge is -2.39. The molecule has 10 heteroatoms. The Labute approximate surface area is 236 Å². The first-order valence-electron chi connectivity index (χ1n) is 15.5. The number of rotatable bonds is 12. The molecule has 0 spiro atoms. The molecule has 12 atom stereocenters. The molecule has 224 valence electrons. The lowest BCUT2D eigenvalue weighted by atomic mass is 9.89. The van der Waals surface area contributed by atoms with Gasteiger partial charge < -0.3 is 28.4 Å². The summed E-state index contributed by atoms with van der Waals surface area (Å²) in [4.78, 5) is 40.7. The average molecular weight is 564 g/mol. The second-order valence-electron chi connectivity index (χ2n) is 13.0. The van der Waals surface area contributed by atoms with Gasteiger partial charge in [0, 0.05) is 18.1 Å². The Morgan fingerprint density at radius 3 is 1.10 bits per heavy atom. The van der Waals surface area contributed by atoms with E-state index in [1.54, 1.807) is 0 Å². The highest BCUT2D eigenvalue weighted by Crippen LogP contribution is 2.41. The maximum atomic E-state index is 12.9. The molecule has 6 bridgehead atoms. The minimum absolute atomic E-state index is 0.0229. The Morgan fingerprint density at radius 2 is 0.875 bits per heavy atom. The Bertz CT molecular complexity index is 841. The maximum Gasteiger partial charge on any atom is 0.311 e. The standard InChI is InChI=1S/C30H45NO9/c1-16(13-35-28(32)22-10-19-4-7-25(22)38-19)31(17(2)14-36-29(33)23-11-20-5-8-26(23)39-20)18(3)15-37-30(34)24-12-21-6-9-27(24)40-21/h16-27H,4-15H2,1-3H3. The molecule has 40 heavy (non-hydrogen) atoms. The van der Waals surface area contributed by atoms with Gasteiger partial charge in [0.2, 0.25) is 0 Å². The normalized spacial score (nSPS) is 39.5. The van der Waals surface area contributed by atoms with Gasteiger partial charge >= 0.3 is 17.9 Å². The second kappa shape index (κ2) is 11.9. The third-order valence-electron chi connectivity index (χ3n) is 10.2. The summed E-state index contributed by atoms with van der Waals surface area (Å²) < 4.78 is 34.9. The van der Waals surface area contributed by atoms with Crippen LogP contribution >= 0.6 is 0 Å². The molecule has 10 nitrogen and oxygen atoms in total. The Balaban J connectivity index is 1.04. The van der Waals surface area contributed by atoms with Gasteiger partial charge in [0.1, 0.15) is 19.8 Å². The molecule has 0 radical (unpaired) electrons. The van der Waals surface area contributed by atoms with E-state index in [1.165, 1.54) is 0 Å².